The quantitative estimate of drug-likeness (QED) is 0.339. The van der Waals surface area contributed by atoms with Gasteiger partial charge in [0.2, 0.25) is 0 Å². The molecule has 2 rings (SSSR count). The van der Waals surface area contributed by atoms with Crippen molar-refractivity contribution in [2.24, 2.45) is 11.8 Å². The lowest BCUT2D eigenvalue weighted by Gasteiger charge is -2.32. The number of aliphatic carboxylic acids is 2. The Kier molecular flexibility index (Phi) is 13.0. The molecule has 0 bridgehead atoms. The van der Waals surface area contributed by atoms with Crippen molar-refractivity contribution >= 4 is 11.9 Å². The fourth-order valence-corrected chi connectivity index (χ4v) is 3.90. The van der Waals surface area contributed by atoms with Gasteiger partial charge in [0.05, 0.1) is 0 Å². The van der Waals surface area contributed by atoms with E-state index in [9.17, 15) is 23.5 Å². The molecule has 8 heteroatoms. The van der Waals surface area contributed by atoms with Crippen LogP contribution in [0, 0.1) is 23.5 Å². The number of hydrogen-bond donors (Lipinski definition) is 3. The summed E-state index contributed by atoms with van der Waals surface area (Å²) in [4.78, 5) is 21.5. The maximum atomic E-state index is 13.4. The van der Waals surface area contributed by atoms with Gasteiger partial charge >= 0.3 is 11.9 Å². The summed E-state index contributed by atoms with van der Waals surface area (Å²) in [7, 11) is 0. The number of aliphatic hydroxyl groups is 1. The monoisotopic (exact) mass is 505 g/mol. The zero-order valence-corrected chi connectivity index (χ0v) is 21.3. The first-order valence-corrected chi connectivity index (χ1v) is 11.9. The Hall–Kier alpha value is -3.10. The Labute approximate surface area is 211 Å². The zero-order valence-electron chi connectivity index (χ0n) is 21.3. The van der Waals surface area contributed by atoms with Crippen molar-refractivity contribution in [3.8, 4) is 0 Å². The van der Waals surface area contributed by atoms with Crippen LogP contribution in [0.3, 0.4) is 0 Å². The van der Waals surface area contributed by atoms with Crippen LogP contribution in [0.15, 0.2) is 60.7 Å². The van der Waals surface area contributed by atoms with E-state index < -0.39 is 17.5 Å². The highest BCUT2D eigenvalue weighted by atomic mass is 19.1. The highest BCUT2D eigenvalue weighted by molar-refractivity contribution is 5.89. The summed E-state index contributed by atoms with van der Waals surface area (Å²) < 4.78 is 26.8. The largest absolute Gasteiger partial charge is 0.478 e. The van der Waals surface area contributed by atoms with Crippen molar-refractivity contribution < 1.29 is 33.7 Å². The molecular formula is C28H37F2NO5. The standard InChI is InChI=1S/C24H33F2NO.C4H4O4/c1-18(2)16-27(17-19(3)4)15-5-14-24(28,20-6-10-22(25)11-7-20)21-8-12-23(26)13-9-21;5-3(6)1-2-4(7)8/h6-13,18-19,28H,5,14-17H2,1-4H3;1-2H,(H,5,6)(H,7,8)/b;2-1-. The van der Waals surface area contributed by atoms with Crippen molar-refractivity contribution in [1.82, 2.24) is 4.90 Å². The molecule has 0 spiro atoms. The first-order chi connectivity index (χ1) is 16.8. The van der Waals surface area contributed by atoms with Crippen molar-refractivity contribution in [2.75, 3.05) is 19.6 Å². The van der Waals surface area contributed by atoms with Crippen molar-refractivity contribution in [1.29, 1.82) is 0 Å². The van der Waals surface area contributed by atoms with Crippen molar-refractivity contribution in [2.45, 2.75) is 46.1 Å². The third-order valence-corrected chi connectivity index (χ3v) is 5.27. The summed E-state index contributed by atoms with van der Waals surface area (Å²) >= 11 is 0. The maximum Gasteiger partial charge on any atom is 0.328 e. The van der Waals surface area contributed by atoms with Crippen LogP contribution in [0.1, 0.15) is 51.7 Å². The molecule has 0 atom stereocenters. The van der Waals surface area contributed by atoms with E-state index in [4.69, 9.17) is 10.2 Å². The lowest BCUT2D eigenvalue weighted by molar-refractivity contribution is -0.134. The minimum Gasteiger partial charge on any atom is -0.478 e. The first-order valence-electron chi connectivity index (χ1n) is 11.9. The van der Waals surface area contributed by atoms with E-state index in [0.29, 0.717) is 41.5 Å². The van der Waals surface area contributed by atoms with Crippen LogP contribution in [0.4, 0.5) is 8.78 Å². The highest BCUT2D eigenvalue weighted by Gasteiger charge is 2.31. The van der Waals surface area contributed by atoms with Gasteiger partial charge in [-0.3, -0.25) is 0 Å². The van der Waals surface area contributed by atoms with Gasteiger partial charge in [-0.05, 0) is 66.6 Å². The van der Waals surface area contributed by atoms with Gasteiger partial charge in [-0.15, -0.1) is 0 Å². The fraction of sp³-hybridized carbons (Fsp3) is 0.429. The van der Waals surface area contributed by atoms with E-state index in [0.717, 1.165) is 26.1 Å². The SMILES string of the molecule is CC(C)CN(CCCC(O)(c1ccc(F)cc1)c1ccc(F)cc1)CC(C)C.O=C(O)/C=C\C(=O)O. The number of carboxylic acids is 2. The van der Waals surface area contributed by atoms with Crippen LogP contribution in [-0.2, 0) is 15.2 Å². The summed E-state index contributed by atoms with van der Waals surface area (Å²) in [6.07, 6.45) is 2.38. The molecule has 3 N–H and O–H groups in total. The molecule has 0 aliphatic carbocycles. The Morgan fingerprint density at radius 1 is 0.806 bits per heavy atom. The van der Waals surface area contributed by atoms with E-state index in [1.807, 2.05) is 0 Å². The number of carbonyl (C=O) groups is 2. The summed E-state index contributed by atoms with van der Waals surface area (Å²) in [6, 6.07) is 11.9. The lowest BCUT2D eigenvalue weighted by atomic mass is 9.82. The second-order valence-electron chi connectivity index (χ2n) is 9.53. The predicted molar refractivity (Wildman–Crippen MR) is 136 cm³/mol. The van der Waals surface area contributed by atoms with Crippen molar-refractivity contribution in [3.63, 3.8) is 0 Å². The number of halogens is 2. The number of rotatable bonds is 12. The molecule has 0 aliphatic rings. The lowest BCUT2D eigenvalue weighted by Crippen LogP contribution is -2.34. The zero-order chi connectivity index (χ0) is 27.3. The van der Waals surface area contributed by atoms with Crippen LogP contribution >= 0.6 is 0 Å². The summed E-state index contributed by atoms with van der Waals surface area (Å²) in [5.41, 5.74) is -0.0255. The van der Waals surface area contributed by atoms with Crippen LogP contribution in [0.25, 0.3) is 0 Å². The highest BCUT2D eigenvalue weighted by Crippen LogP contribution is 2.34. The minimum atomic E-state index is -1.28. The molecule has 2 aromatic rings. The topological polar surface area (TPSA) is 98.1 Å². The molecule has 0 radical (unpaired) electrons. The molecule has 0 saturated carbocycles. The van der Waals surface area contributed by atoms with Gasteiger partial charge in [0.25, 0.3) is 0 Å². The predicted octanol–water partition coefficient (Wildman–Crippen LogP) is 5.31. The van der Waals surface area contributed by atoms with Gasteiger partial charge in [0, 0.05) is 25.2 Å². The summed E-state index contributed by atoms with van der Waals surface area (Å²) in [5.74, 6) is -2.05. The molecule has 0 saturated heterocycles. The smallest absolute Gasteiger partial charge is 0.328 e. The average Bonchev–Trinajstić information content (AvgIpc) is 2.78. The van der Waals surface area contributed by atoms with E-state index >= 15 is 0 Å². The Bertz CT molecular complexity index is 901. The fourth-order valence-electron chi connectivity index (χ4n) is 3.90. The summed E-state index contributed by atoms with van der Waals surface area (Å²) in [5, 5.41) is 27.2. The second-order valence-corrected chi connectivity index (χ2v) is 9.53. The van der Waals surface area contributed by atoms with E-state index in [1.165, 1.54) is 24.3 Å². The summed E-state index contributed by atoms with van der Waals surface area (Å²) in [6.45, 7) is 11.7. The molecule has 36 heavy (non-hydrogen) atoms. The van der Waals surface area contributed by atoms with Gasteiger partial charge in [0.1, 0.15) is 17.2 Å². The molecular weight excluding hydrogens is 468 g/mol. The van der Waals surface area contributed by atoms with Gasteiger partial charge in [0.15, 0.2) is 0 Å². The second kappa shape index (κ2) is 15.1. The molecule has 0 heterocycles. The van der Waals surface area contributed by atoms with Crippen LogP contribution in [-0.4, -0.2) is 51.8 Å². The third kappa shape index (κ3) is 11.6. The van der Waals surface area contributed by atoms with E-state index in [-0.39, 0.29) is 11.6 Å². The Morgan fingerprint density at radius 2 is 1.17 bits per heavy atom. The van der Waals surface area contributed by atoms with Crippen molar-refractivity contribution in [3.05, 3.63) is 83.4 Å². The minimum absolute atomic E-state index is 0.342. The number of hydrogen-bond acceptors (Lipinski definition) is 4. The van der Waals surface area contributed by atoms with Crippen LogP contribution < -0.4 is 0 Å². The average molecular weight is 506 g/mol. The van der Waals surface area contributed by atoms with Crippen LogP contribution in [0.5, 0.6) is 0 Å². The number of nitrogens with zero attached hydrogens (tertiary/aromatic N) is 1. The van der Waals surface area contributed by atoms with E-state index in [2.05, 4.69) is 32.6 Å². The number of carboxylic acid groups (broad SMARTS) is 2. The molecule has 0 unspecified atom stereocenters. The van der Waals surface area contributed by atoms with Crippen LogP contribution in [0.2, 0.25) is 0 Å². The molecule has 198 valence electrons. The third-order valence-electron chi connectivity index (χ3n) is 5.27. The van der Waals surface area contributed by atoms with Gasteiger partial charge in [-0.1, -0.05) is 52.0 Å². The molecule has 0 aromatic heterocycles. The number of benzene rings is 2. The molecule has 2 aromatic carbocycles. The molecule has 0 aliphatic heterocycles. The van der Waals surface area contributed by atoms with E-state index in [1.54, 1.807) is 24.3 Å². The van der Waals surface area contributed by atoms with Gasteiger partial charge in [-0.2, -0.15) is 0 Å². The molecule has 0 amide bonds. The van der Waals surface area contributed by atoms with Gasteiger partial charge in [-0.25, -0.2) is 18.4 Å². The normalized spacial score (nSPS) is 11.7. The molecule has 0 fully saturated rings. The maximum absolute atomic E-state index is 13.4. The van der Waals surface area contributed by atoms with Gasteiger partial charge < -0.3 is 20.2 Å². The molecule has 6 nitrogen and oxygen atoms in total. The first kappa shape index (κ1) is 30.9. The Morgan fingerprint density at radius 3 is 1.47 bits per heavy atom. The Balaban J connectivity index is 0.000000697.